The van der Waals surface area contributed by atoms with E-state index in [-0.39, 0.29) is 0 Å². The van der Waals surface area contributed by atoms with Crippen LogP contribution >= 0.6 is 0 Å². The van der Waals surface area contributed by atoms with Crippen LogP contribution in [0, 0.1) is 5.92 Å². The van der Waals surface area contributed by atoms with Gasteiger partial charge in [0.25, 0.3) is 0 Å². The molecule has 4 nitrogen and oxygen atoms in total. The summed E-state index contributed by atoms with van der Waals surface area (Å²) in [6.45, 7) is 4.15. The van der Waals surface area contributed by atoms with Crippen molar-refractivity contribution in [2.45, 2.75) is 26.7 Å². The fourth-order valence-corrected chi connectivity index (χ4v) is 1.32. The predicted octanol–water partition coefficient (Wildman–Crippen LogP) is 1.39. The molecule has 0 spiro atoms. The second kappa shape index (κ2) is 4.07. The minimum atomic E-state index is -0.615. The highest BCUT2D eigenvalue weighted by Gasteiger charge is 2.14. The minimum absolute atomic E-state index is 0.399. The second-order valence-corrected chi connectivity index (χ2v) is 3.44. The highest BCUT2D eigenvalue weighted by atomic mass is 16.2. The largest absolute Gasteiger partial charge is 0.350 e. The lowest BCUT2D eigenvalue weighted by Crippen LogP contribution is -2.27. The number of nitrogens with zero attached hydrogens (tertiary/aromatic N) is 1. The Hall–Kier alpha value is -1.32. The molecule has 0 heterocycles. The van der Waals surface area contributed by atoms with Gasteiger partial charge in [0.1, 0.15) is 0 Å². The van der Waals surface area contributed by atoms with E-state index in [1.54, 1.807) is 0 Å². The van der Waals surface area contributed by atoms with Gasteiger partial charge in [0.15, 0.2) is 0 Å². The summed E-state index contributed by atoms with van der Waals surface area (Å²) in [4.78, 5) is 10.4. The second-order valence-electron chi connectivity index (χ2n) is 3.44. The molecule has 13 heavy (non-hydrogen) atoms. The molecular weight excluding hydrogens is 166 g/mol. The van der Waals surface area contributed by atoms with Crippen molar-refractivity contribution in [2.24, 2.45) is 16.8 Å². The van der Waals surface area contributed by atoms with Gasteiger partial charge in [-0.3, -0.25) is 0 Å². The van der Waals surface area contributed by atoms with Gasteiger partial charge in [-0.1, -0.05) is 12.5 Å². The van der Waals surface area contributed by atoms with Gasteiger partial charge in [-0.2, -0.15) is 5.10 Å². The summed E-state index contributed by atoms with van der Waals surface area (Å²) in [7, 11) is 0. The van der Waals surface area contributed by atoms with Crippen LogP contribution < -0.4 is 11.2 Å². The lowest BCUT2D eigenvalue weighted by molar-refractivity contribution is 0.249. The lowest BCUT2D eigenvalue weighted by Gasteiger charge is -2.17. The average molecular weight is 181 g/mol. The number of carbonyl (C=O) groups excluding carboxylic acids is 1. The van der Waals surface area contributed by atoms with Crippen molar-refractivity contribution >= 4 is 11.7 Å². The van der Waals surface area contributed by atoms with Gasteiger partial charge in [0.05, 0.1) is 5.71 Å². The normalized spacial score (nSPS) is 25.5. The predicted molar refractivity (Wildman–Crippen MR) is 52.3 cm³/mol. The average Bonchev–Trinajstić information content (AvgIpc) is 2.06. The van der Waals surface area contributed by atoms with E-state index in [1.165, 1.54) is 5.57 Å². The van der Waals surface area contributed by atoms with Crippen LogP contribution in [0.3, 0.4) is 0 Å². The molecule has 0 saturated carbocycles. The first-order valence-electron chi connectivity index (χ1n) is 4.40. The molecule has 0 saturated heterocycles. The van der Waals surface area contributed by atoms with Crippen molar-refractivity contribution in [1.82, 2.24) is 5.43 Å². The van der Waals surface area contributed by atoms with Crippen LogP contribution in [-0.2, 0) is 0 Å². The molecule has 0 fully saturated rings. The number of hydrazone groups is 1. The minimum Gasteiger partial charge on any atom is -0.350 e. The lowest BCUT2D eigenvalue weighted by atomic mass is 9.90. The molecule has 72 valence electrons. The Morgan fingerprint density at radius 2 is 2.46 bits per heavy atom. The van der Waals surface area contributed by atoms with Crippen molar-refractivity contribution in [1.29, 1.82) is 0 Å². The summed E-state index contributed by atoms with van der Waals surface area (Å²) in [6, 6.07) is -0.615. The van der Waals surface area contributed by atoms with Crippen LogP contribution in [0.2, 0.25) is 0 Å². The first-order chi connectivity index (χ1) is 6.09. The first kappa shape index (κ1) is 9.77. The van der Waals surface area contributed by atoms with Crippen molar-refractivity contribution in [3.05, 3.63) is 11.6 Å². The Balaban J connectivity index is 2.70. The number of carbonyl (C=O) groups is 1. The first-order valence-corrected chi connectivity index (χ1v) is 4.40. The number of hydrogen-bond donors (Lipinski definition) is 2. The van der Waals surface area contributed by atoms with Crippen molar-refractivity contribution in [2.75, 3.05) is 0 Å². The van der Waals surface area contributed by atoms with Gasteiger partial charge < -0.3 is 5.73 Å². The van der Waals surface area contributed by atoms with E-state index in [0.717, 1.165) is 18.6 Å². The number of allylic oxidation sites excluding steroid dienone is 2. The third-order valence-corrected chi connectivity index (χ3v) is 2.17. The van der Waals surface area contributed by atoms with Crippen LogP contribution in [0.15, 0.2) is 16.8 Å². The highest BCUT2D eigenvalue weighted by molar-refractivity contribution is 5.98. The van der Waals surface area contributed by atoms with Crippen LogP contribution in [0.1, 0.15) is 26.7 Å². The fourth-order valence-electron chi connectivity index (χ4n) is 1.32. The maximum absolute atomic E-state index is 10.4. The molecular formula is C9H15N3O. The third kappa shape index (κ3) is 2.89. The standard InChI is InChI=1S/C9H15N3O/c1-6-3-4-7(2)8(5-6)11-12-9(10)13/h5,7H,3-4H2,1-2H3,(H3,10,12,13)/b11-8-. The van der Waals surface area contributed by atoms with E-state index in [2.05, 4.69) is 24.4 Å². The molecule has 2 amide bonds. The molecule has 0 aromatic heterocycles. The molecule has 0 aliphatic heterocycles. The molecule has 3 N–H and O–H groups in total. The molecule has 1 rings (SSSR count). The quantitative estimate of drug-likeness (QED) is 0.590. The maximum Gasteiger partial charge on any atom is 0.332 e. The fraction of sp³-hybridized carbons (Fsp3) is 0.556. The smallest absolute Gasteiger partial charge is 0.332 e. The van der Waals surface area contributed by atoms with E-state index < -0.39 is 6.03 Å². The Labute approximate surface area is 77.9 Å². The summed E-state index contributed by atoms with van der Waals surface area (Å²) >= 11 is 0. The summed E-state index contributed by atoms with van der Waals surface area (Å²) in [5.74, 6) is 0.399. The molecule has 0 bridgehead atoms. The van der Waals surface area contributed by atoms with Crippen molar-refractivity contribution in [3.8, 4) is 0 Å². The van der Waals surface area contributed by atoms with E-state index >= 15 is 0 Å². The summed E-state index contributed by atoms with van der Waals surface area (Å²) in [5.41, 5.74) is 9.36. The number of primary amides is 1. The zero-order chi connectivity index (χ0) is 9.84. The number of nitrogens with one attached hydrogen (secondary N) is 1. The molecule has 0 aromatic rings. The number of amides is 2. The van der Waals surface area contributed by atoms with E-state index in [0.29, 0.717) is 5.92 Å². The molecule has 1 atom stereocenters. The van der Waals surface area contributed by atoms with E-state index in [9.17, 15) is 4.79 Å². The SMILES string of the molecule is CC1=C/C(=N/NC(N)=O)C(C)CC1. The summed E-state index contributed by atoms with van der Waals surface area (Å²) in [6.07, 6.45) is 4.20. The molecule has 1 aliphatic rings. The van der Waals surface area contributed by atoms with Crippen LogP contribution in [0.5, 0.6) is 0 Å². The van der Waals surface area contributed by atoms with Crippen molar-refractivity contribution in [3.63, 3.8) is 0 Å². The topological polar surface area (TPSA) is 67.5 Å². The zero-order valence-corrected chi connectivity index (χ0v) is 8.00. The van der Waals surface area contributed by atoms with Crippen LogP contribution in [0.25, 0.3) is 0 Å². The monoisotopic (exact) mass is 181 g/mol. The maximum atomic E-state index is 10.4. The number of rotatable bonds is 1. The number of urea groups is 1. The zero-order valence-electron chi connectivity index (χ0n) is 8.00. The molecule has 0 aromatic carbocycles. The Bertz CT molecular complexity index is 268. The number of hydrogen-bond acceptors (Lipinski definition) is 2. The van der Waals surface area contributed by atoms with Gasteiger partial charge in [-0.05, 0) is 25.8 Å². The van der Waals surface area contributed by atoms with Gasteiger partial charge in [0, 0.05) is 5.92 Å². The molecule has 1 aliphatic carbocycles. The van der Waals surface area contributed by atoms with Gasteiger partial charge in [-0.25, -0.2) is 10.2 Å². The Morgan fingerprint density at radius 1 is 1.77 bits per heavy atom. The molecule has 0 radical (unpaired) electrons. The number of nitrogens with two attached hydrogens (primary N) is 1. The summed E-state index contributed by atoms with van der Waals surface area (Å²) in [5, 5.41) is 3.93. The third-order valence-electron chi connectivity index (χ3n) is 2.17. The van der Waals surface area contributed by atoms with Crippen molar-refractivity contribution < 1.29 is 4.79 Å². The Morgan fingerprint density at radius 3 is 3.08 bits per heavy atom. The molecule has 1 unspecified atom stereocenters. The highest BCUT2D eigenvalue weighted by Crippen LogP contribution is 2.20. The van der Waals surface area contributed by atoms with Gasteiger partial charge in [-0.15, -0.1) is 0 Å². The van der Waals surface area contributed by atoms with Crippen LogP contribution in [0.4, 0.5) is 4.79 Å². The molecule has 4 heteroatoms. The van der Waals surface area contributed by atoms with E-state index in [4.69, 9.17) is 5.73 Å². The van der Waals surface area contributed by atoms with Gasteiger partial charge >= 0.3 is 6.03 Å². The van der Waals surface area contributed by atoms with Gasteiger partial charge in [0.2, 0.25) is 0 Å². The summed E-state index contributed by atoms with van der Waals surface area (Å²) < 4.78 is 0. The van der Waals surface area contributed by atoms with Crippen LogP contribution in [-0.4, -0.2) is 11.7 Å². The Kier molecular flexibility index (Phi) is 3.06. The van der Waals surface area contributed by atoms with E-state index in [1.807, 2.05) is 6.08 Å².